The minimum absolute atomic E-state index is 0.661. The molecule has 2 aliphatic rings. The molecule has 76 valence electrons. The van der Waals surface area contributed by atoms with Crippen molar-refractivity contribution in [2.45, 2.75) is 51.6 Å². The molecule has 1 aliphatic heterocycles. The van der Waals surface area contributed by atoms with Crippen LogP contribution in [0.1, 0.15) is 39.5 Å². The van der Waals surface area contributed by atoms with Crippen LogP contribution in [-0.4, -0.2) is 25.2 Å². The van der Waals surface area contributed by atoms with Crippen LogP contribution in [0.4, 0.5) is 0 Å². The van der Waals surface area contributed by atoms with Crippen molar-refractivity contribution in [1.82, 2.24) is 10.6 Å². The SMILES string of the molecule is CC1CC(NCC2(C)CC2)CCN1. The van der Waals surface area contributed by atoms with E-state index in [1.807, 2.05) is 0 Å². The second kappa shape index (κ2) is 3.58. The summed E-state index contributed by atoms with van der Waals surface area (Å²) in [7, 11) is 0. The van der Waals surface area contributed by atoms with Gasteiger partial charge in [-0.3, -0.25) is 0 Å². The van der Waals surface area contributed by atoms with Crippen molar-refractivity contribution in [3.05, 3.63) is 0 Å². The maximum absolute atomic E-state index is 3.71. The number of piperidine rings is 1. The van der Waals surface area contributed by atoms with Crippen molar-refractivity contribution >= 4 is 0 Å². The lowest BCUT2D eigenvalue weighted by Crippen LogP contribution is -2.45. The minimum Gasteiger partial charge on any atom is -0.314 e. The second-order valence-corrected chi connectivity index (χ2v) is 5.27. The molecule has 2 heteroatoms. The molecule has 1 aliphatic carbocycles. The molecule has 0 aromatic heterocycles. The molecule has 0 aromatic rings. The van der Waals surface area contributed by atoms with E-state index in [0.717, 1.165) is 6.04 Å². The predicted octanol–water partition coefficient (Wildman–Crippen LogP) is 1.52. The largest absolute Gasteiger partial charge is 0.314 e. The molecular formula is C11H22N2. The highest BCUT2D eigenvalue weighted by molar-refractivity contribution is 4.92. The molecule has 1 saturated heterocycles. The van der Waals surface area contributed by atoms with E-state index in [-0.39, 0.29) is 0 Å². The normalized spacial score (nSPS) is 37.4. The third kappa shape index (κ3) is 2.68. The van der Waals surface area contributed by atoms with Crippen LogP contribution in [0.15, 0.2) is 0 Å². The molecule has 0 radical (unpaired) electrons. The first kappa shape index (κ1) is 9.47. The van der Waals surface area contributed by atoms with E-state index in [4.69, 9.17) is 0 Å². The maximum Gasteiger partial charge on any atom is 0.00940 e. The molecule has 1 heterocycles. The smallest absolute Gasteiger partial charge is 0.00940 e. The number of rotatable bonds is 3. The van der Waals surface area contributed by atoms with E-state index in [9.17, 15) is 0 Å². The highest BCUT2D eigenvalue weighted by atomic mass is 15.0. The minimum atomic E-state index is 0.661. The van der Waals surface area contributed by atoms with Crippen LogP contribution < -0.4 is 10.6 Å². The summed E-state index contributed by atoms with van der Waals surface area (Å²) in [5, 5.41) is 7.20. The van der Waals surface area contributed by atoms with Gasteiger partial charge < -0.3 is 10.6 Å². The molecule has 2 N–H and O–H groups in total. The van der Waals surface area contributed by atoms with Gasteiger partial charge in [-0.15, -0.1) is 0 Å². The maximum atomic E-state index is 3.71. The molecule has 1 saturated carbocycles. The van der Waals surface area contributed by atoms with Crippen LogP contribution in [0.2, 0.25) is 0 Å². The Balaban J connectivity index is 1.68. The van der Waals surface area contributed by atoms with Gasteiger partial charge in [0.25, 0.3) is 0 Å². The van der Waals surface area contributed by atoms with Crippen LogP contribution in [0.3, 0.4) is 0 Å². The van der Waals surface area contributed by atoms with Gasteiger partial charge in [0, 0.05) is 18.6 Å². The summed E-state index contributed by atoms with van der Waals surface area (Å²) in [6.45, 7) is 7.11. The Hall–Kier alpha value is -0.0800. The summed E-state index contributed by atoms with van der Waals surface area (Å²) in [4.78, 5) is 0. The van der Waals surface area contributed by atoms with E-state index in [0.29, 0.717) is 11.5 Å². The van der Waals surface area contributed by atoms with E-state index in [1.54, 1.807) is 0 Å². The lowest BCUT2D eigenvalue weighted by Gasteiger charge is -2.29. The Kier molecular flexibility index (Phi) is 2.61. The zero-order valence-electron chi connectivity index (χ0n) is 8.90. The second-order valence-electron chi connectivity index (χ2n) is 5.27. The number of hydrogen-bond acceptors (Lipinski definition) is 2. The summed E-state index contributed by atoms with van der Waals surface area (Å²) in [6.07, 6.45) is 5.47. The Labute approximate surface area is 81.5 Å². The quantitative estimate of drug-likeness (QED) is 0.691. The predicted molar refractivity (Wildman–Crippen MR) is 55.8 cm³/mol. The molecule has 0 amide bonds. The molecular weight excluding hydrogens is 160 g/mol. The van der Waals surface area contributed by atoms with E-state index in [1.165, 1.54) is 38.8 Å². The fraction of sp³-hybridized carbons (Fsp3) is 1.00. The average Bonchev–Trinajstić information content (AvgIpc) is 2.82. The van der Waals surface area contributed by atoms with Gasteiger partial charge in [-0.25, -0.2) is 0 Å². The third-order valence-electron chi connectivity index (χ3n) is 3.54. The lowest BCUT2D eigenvalue weighted by atomic mass is 9.99. The summed E-state index contributed by atoms with van der Waals surface area (Å²) >= 11 is 0. The Morgan fingerprint density at radius 3 is 2.85 bits per heavy atom. The van der Waals surface area contributed by atoms with Gasteiger partial charge in [-0.1, -0.05) is 6.92 Å². The summed E-state index contributed by atoms with van der Waals surface area (Å²) in [6, 6.07) is 1.48. The van der Waals surface area contributed by atoms with Crippen LogP contribution >= 0.6 is 0 Å². The molecule has 0 spiro atoms. The van der Waals surface area contributed by atoms with Crippen LogP contribution in [0, 0.1) is 5.41 Å². The molecule has 2 atom stereocenters. The topological polar surface area (TPSA) is 24.1 Å². The van der Waals surface area contributed by atoms with Crippen LogP contribution in [-0.2, 0) is 0 Å². The standard InChI is InChI=1S/C11H22N2/c1-9-7-10(3-6-12-9)13-8-11(2)4-5-11/h9-10,12-13H,3-8H2,1-2H3. The number of nitrogens with one attached hydrogen (secondary N) is 2. The molecule has 0 aromatic carbocycles. The Morgan fingerprint density at radius 2 is 2.23 bits per heavy atom. The number of hydrogen-bond donors (Lipinski definition) is 2. The van der Waals surface area contributed by atoms with Crippen molar-refractivity contribution in [2.75, 3.05) is 13.1 Å². The van der Waals surface area contributed by atoms with E-state index < -0.39 is 0 Å². The van der Waals surface area contributed by atoms with Crippen LogP contribution in [0.25, 0.3) is 0 Å². The fourth-order valence-electron chi connectivity index (χ4n) is 2.10. The first-order valence-corrected chi connectivity index (χ1v) is 5.65. The van der Waals surface area contributed by atoms with Gasteiger partial charge in [0.15, 0.2) is 0 Å². The van der Waals surface area contributed by atoms with Gasteiger partial charge in [0.05, 0.1) is 0 Å². The van der Waals surface area contributed by atoms with E-state index in [2.05, 4.69) is 24.5 Å². The fourth-order valence-corrected chi connectivity index (χ4v) is 2.10. The van der Waals surface area contributed by atoms with Gasteiger partial charge in [-0.2, -0.15) is 0 Å². The first-order chi connectivity index (χ1) is 6.18. The molecule has 2 unspecified atom stereocenters. The zero-order chi connectivity index (χ0) is 9.31. The molecule has 2 fully saturated rings. The zero-order valence-corrected chi connectivity index (χ0v) is 8.90. The molecule has 2 nitrogen and oxygen atoms in total. The van der Waals surface area contributed by atoms with Gasteiger partial charge in [-0.05, 0) is 44.6 Å². The first-order valence-electron chi connectivity index (χ1n) is 5.65. The summed E-state index contributed by atoms with van der Waals surface area (Å²) in [5.41, 5.74) is 0.661. The highest BCUT2D eigenvalue weighted by Crippen LogP contribution is 2.44. The van der Waals surface area contributed by atoms with Crippen LogP contribution in [0.5, 0.6) is 0 Å². The highest BCUT2D eigenvalue weighted by Gasteiger charge is 2.37. The van der Waals surface area contributed by atoms with Gasteiger partial charge in [0.2, 0.25) is 0 Å². The Morgan fingerprint density at radius 1 is 1.46 bits per heavy atom. The third-order valence-corrected chi connectivity index (χ3v) is 3.54. The van der Waals surface area contributed by atoms with Crippen molar-refractivity contribution < 1.29 is 0 Å². The van der Waals surface area contributed by atoms with Crippen molar-refractivity contribution in [1.29, 1.82) is 0 Å². The van der Waals surface area contributed by atoms with Crippen molar-refractivity contribution in [3.63, 3.8) is 0 Å². The molecule has 2 rings (SSSR count). The average molecular weight is 182 g/mol. The van der Waals surface area contributed by atoms with Gasteiger partial charge in [0.1, 0.15) is 0 Å². The van der Waals surface area contributed by atoms with Crippen molar-refractivity contribution in [2.24, 2.45) is 5.41 Å². The van der Waals surface area contributed by atoms with Crippen molar-refractivity contribution in [3.8, 4) is 0 Å². The van der Waals surface area contributed by atoms with E-state index >= 15 is 0 Å². The monoisotopic (exact) mass is 182 g/mol. The molecule has 0 bridgehead atoms. The molecule has 13 heavy (non-hydrogen) atoms. The lowest BCUT2D eigenvalue weighted by molar-refractivity contribution is 0.315. The Bertz CT molecular complexity index is 175. The summed E-state index contributed by atoms with van der Waals surface area (Å²) in [5.74, 6) is 0. The summed E-state index contributed by atoms with van der Waals surface area (Å²) < 4.78 is 0. The van der Waals surface area contributed by atoms with Gasteiger partial charge >= 0.3 is 0 Å².